The van der Waals surface area contributed by atoms with Gasteiger partial charge in [0.15, 0.2) is 0 Å². The van der Waals surface area contributed by atoms with E-state index in [2.05, 4.69) is 20.6 Å². The van der Waals surface area contributed by atoms with Crippen molar-refractivity contribution in [2.45, 2.75) is 6.54 Å². The summed E-state index contributed by atoms with van der Waals surface area (Å²) in [6.45, 7) is 0.223. The van der Waals surface area contributed by atoms with Gasteiger partial charge < -0.3 is 20.6 Å². The van der Waals surface area contributed by atoms with Crippen molar-refractivity contribution in [1.82, 2.24) is 15.3 Å². The number of H-pyrrole nitrogens is 2. The molecule has 0 aliphatic carbocycles. The quantitative estimate of drug-likeness (QED) is 0.544. The number of pyridine rings is 2. The normalized spacial score (nSPS) is 10.2. The molecule has 3 rings (SSSR count). The van der Waals surface area contributed by atoms with Gasteiger partial charge in [-0.2, -0.15) is 0 Å². The fraction of sp³-hybridized carbons (Fsp3) is 0.0526. The Bertz CT molecular complexity index is 1100. The third kappa shape index (κ3) is 4.79. The summed E-state index contributed by atoms with van der Waals surface area (Å²) in [4.78, 5) is 51.7. The maximum Gasteiger partial charge on any atom is 0.255 e. The van der Waals surface area contributed by atoms with Crippen LogP contribution in [-0.4, -0.2) is 21.8 Å². The van der Waals surface area contributed by atoms with E-state index < -0.39 is 5.91 Å². The van der Waals surface area contributed by atoms with E-state index in [1.165, 1.54) is 36.7 Å². The van der Waals surface area contributed by atoms with Crippen LogP contribution in [0.5, 0.6) is 0 Å². The molecule has 0 radical (unpaired) electrons. The van der Waals surface area contributed by atoms with Crippen LogP contribution in [0, 0.1) is 0 Å². The van der Waals surface area contributed by atoms with E-state index in [9.17, 15) is 19.2 Å². The van der Waals surface area contributed by atoms with Crippen LogP contribution in [-0.2, 0) is 6.54 Å². The Morgan fingerprint density at radius 2 is 1.44 bits per heavy atom. The molecule has 0 atom stereocenters. The Balaban J connectivity index is 1.65. The maximum atomic E-state index is 12.2. The molecule has 0 spiro atoms. The predicted molar refractivity (Wildman–Crippen MR) is 99.7 cm³/mol. The van der Waals surface area contributed by atoms with E-state index in [1.54, 1.807) is 24.3 Å². The van der Waals surface area contributed by atoms with Gasteiger partial charge in [-0.25, -0.2) is 0 Å². The molecular formula is C19H16N4O4. The lowest BCUT2D eigenvalue weighted by molar-refractivity contribution is 0.0949. The average molecular weight is 364 g/mol. The van der Waals surface area contributed by atoms with Crippen molar-refractivity contribution in [1.29, 1.82) is 0 Å². The maximum absolute atomic E-state index is 12.2. The molecule has 27 heavy (non-hydrogen) atoms. The van der Waals surface area contributed by atoms with Crippen molar-refractivity contribution in [3.8, 4) is 0 Å². The first-order valence-electron chi connectivity index (χ1n) is 8.07. The number of carbonyl (C=O) groups is 2. The van der Waals surface area contributed by atoms with Gasteiger partial charge in [0, 0.05) is 47.9 Å². The van der Waals surface area contributed by atoms with E-state index in [1.807, 2.05) is 0 Å². The van der Waals surface area contributed by atoms with E-state index in [0.717, 1.165) is 5.56 Å². The smallest absolute Gasteiger partial charge is 0.255 e. The molecule has 0 saturated carbocycles. The summed E-state index contributed by atoms with van der Waals surface area (Å²) in [5.41, 5.74) is 1.08. The number of nitrogens with one attached hydrogen (secondary N) is 4. The van der Waals surface area contributed by atoms with Crippen molar-refractivity contribution in [3.05, 3.63) is 98.3 Å². The predicted octanol–water partition coefficient (Wildman–Crippen LogP) is 1.25. The Labute approximate surface area is 153 Å². The van der Waals surface area contributed by atoms with Crippen molar-refractivity contribution in [2.24, 2.45) is 0 Å². The molecule has 1 aromatic carbocycles. The molecule has 136 valence electrons. The molecule has 4 N–H and O–H groups in total. The van der Waals surface area contributed by atoms with Crippen LogP contribution in [0.25, 0.3) is 0 Å². The highest BCUT2D eigenvalue weighted by Gasteiger charge is 2.08. The Hall–Kier alpha value is -3.94. The summed E-state index contributed by atoms with van der Waals surface area (Å²) in [7, 11) is 0. The number of aromatic nitrogens is 2. The number of benzene rings is 1. The molecule has 0 fully saturated rings. The van der Waals surface area contributed by atoms with Crippen LogP contribution in [0.1, 0.15) is 26.3 Å². The van der Waals surface area contributed by atoms with Crippen LogP contribution >= 0.6 is 0 Å². The minimum absolute atomic E-state index is 0.223. The van der Waals surface area contributed by atoms with Crippen molar-refractivity contribution in [3.63, 3.8) is 0 Å². The molecule has 3 aromatic rings. The lowest BCUT2D eigenvalue weighted by Crippen LogP contribution is -2.24. The minimum atomic E-state index is -0.411. The second kappa shape index (κ2) is 7.96. The zero-order valence-electron chi connectivity index (χ0n) is 14.1. The molecule has 8 heteroatoms. The average Bonchev–Trinajstić information content (AvgIpc) is 2.66. The lowest BCUT2D eigenvalue weighted by atomic mass is 10.1. The van der Waals surface area contributed by atoms with Crippen LogP contribution in [0.3, 0.4) is 0 Å². The number of rotatable bonds is 5. The molecule has 8 nitrogen and oxygen atoms in total. The van der Waals surface area contributed by atoms with Gasteiger partial charge in [0.05, 0.1) is 0 Å². The number of amides is 2. The summed E-state index contributed by atoms with van der Waals surface area (Å²) in [6, 6.07) is 12.4. The van der Waals surface area contributed by atoms with E-state index in [-0.39, 0.29) is 34.7 Å². The number of hydrogen-bond donors (Lipinski definition) is 4. The summed E-state index contributed by atoms with van der Waals surface area (Å²) < 4.78 is 0. The SMILES string of the molecule is O=C(NCc1cccc(NC(=O)c2cc[nH]c(=O)c2)c1)c1cc[nH]c(=O)c1. The van der Waals surface area contributed by atoms with Crippen LogP contribution in [0.2, 0.25) is 0 Å². The first kappa shape index (κ1) is 17.9. The second-order valence-corrected chi connectivity index (χ2v) is 5.72. The zero-order valence-corrected chi connectivity index (χ0v) is 14.1. The van der Waals surface area contributed by atoms with E-state index in [0.29, 0.717) is 5.69 Å². The number of anilines is 1. The molecule has 0 saturated heterocycles. The van der Waals surface area contributed by atoms with Crippen molar-refractivity contribution in [2.75, 3.05) is 5.32 Å². The van der Waals surface area contributed by atoms with Crippen LogP contribution in [0.4, 0.5) is 5.69 Å². The fourth-order valence-corrected chi connectivity index (χ4v) is 2.42. The largest absolute Gasteiger partial charge is 0.348 e. The molecule has 2 heterocycles. The summed E-state index contributed by atoms with van der Waals surface area (Å²) in [6.07, 6.45) is 2.81. The van der Waals surface area contributed by atoms with Gasteiger partial charge in [-0.15, -0.1) is 0 Å². The number of hydrogen-bond acceptors (Lipinski definition) is 4. The Morgan fingerprint density at radius 3 is 2.07 bits per heavy atom. The first-order chi connectivity index (χ1) is 13.0. The summed E-state index contributed by atoms with van der Waals surface area (Å²) in [5, 5.41) is 5.42. The molecule has 0 aliphatic rings. The van der Waals surface area contributed by atoms with E-state index in [4.69, 9.17) is 0 Å². The first-order valence-corrected chi connectivity index (χ1v) is 8.07. The molecule has 2 aromatic heterocycles. The van der Waals surface area contributed by atoms with Gasteiger partial charge in [-0.3, -0.25) is 19.2 Å². The number of aromatic amines is 2. The van der Waals surface area contributed by atoms with Crippen molar-refractivity contribution >= 4 is 17.5 Å². The van der Waals surface area contributed by atoms with Crippen LogP contribution in [0.15, 0.2) is 70.5 Å². The van der Waals surface area contributed by atoms with Gasteiger partial charge >= 0.3 is 0 Å². The molecule has 0 aliphatic heterocycles. The van der Waals surface area contributed by atoms with Gasteiger partial charge in [-0.05, 0) is 29.8 Å². The molecule has 0 bridgehead atoms. The third-order valence-electron chi connectivity index (χ3n) is 3.71. The van der Waals surface area contributed by atoms with Gasteiger partial charge in [0.2, 0.25) is 11.1 Å². The molecule has 2 amide bonds. The summed E-state index contributed by atoms with van der Waals surface area (Å²) in [5.74, 6) is -0.787. The highest BCUT2D eigenvalue weighted by Crippen LogP contribution is 2.12. The van der Waals surface area contributed by atoms with Crippen molar-refractivity contribution < 1.29 is 9.59 Å². The highest BCUT2D eigenvalue weighted by atomic mass is 16.2. The van der Waals surface area contributed by atoms with Crippen LogP contribution < -0.4 is 21.8 Å². The standard InChI is InChI=1S/C19H16N4O4/c24-16-9-13(4-6-20-16)18(26)22-11-12-2-1-3-15(8-12)23-19(27)14-5-7-21-17(25)10-14/h1-10H,11H2,(H,20,24)(H,21,25)(H,22,26)(H,23,27). The second-order valence-electron chi connectivity index (χ2n) is 5.72. The van der Waals surface area contributed by atoms with Gasteiger partial charge in [0.1, 0.15) is 0 Å². The fourth-order valence-electron chi connectivity index (χ4n) is 2.42. The molecular weight excluding hydrogens is 348 g/mol. The lowest BCUT2D eigenvalue weighted by Gasteiger charge is -2.09. The molecule has 0 unspecified atom stereocenters. The monoisotopic (exact) mass is 364 g/mol. The minimum Gasteiger partial charge on any atom is -0.348 e. The Kier molecular flexibility index (Phi) is 5.27. The summed E-state index contributed by atoms with van der Waals surface area (Å²) >= 11 is 0. The zero-order chi connectivity index (χ0) is 19.2. The number of carbonyl (C=O) groups excluding carboxylic acids is 2. The van der Waals surface area contributed by atoms with Gasteiger partial charge in [0.25, 0.3) is 11.8 Å². The topological polar surface area (TPSA) is 124 Å². The Morgan fingerprint density at radius 1 is 0.815 bits per heavy atom. The third-order valence-corrected chi connectivity index (χ3v) is 3.71. The van der Waals surface area contributed by atoms with Gasteiger partial charge in [-0.1, -0.05) is 12.1 Å². The highest BCUT2D eigenvalue weighted by molar-refractivity contribution is 6.04. The van der Waals surface area contributed by atoms with E-state index >= 15 is 0 Å².